The van der Waals surface area contributed by atoms with Gasteiger partial charge >= 0.3 is 0 Å². The average molecular weight is 246 g/mol. The van der Waals surface area contributed by atoms with Crippen LogP contribution in [0.2, 0.25) is 0 Å². The summed E-state index contributed by atoms with van der Waals surface area (Å²) in [4.78, 5) is 0. The molecule has 2 N–H and O–H groups in total. The highest BCUT2D eigenvalue weighted by Gasteiger charge is 2.30. The molecule has 5 heteroatoms. The fourth-order valence-electron chi connectivity index (χ4n) is 2.81. The van der Waals surface area contributed by atoms with Crippen LogP contribution in [0, 0.1) is 5.92 Å². The molecule has 1 saturated heterocycles. The van der Waals surface area contributed by atoms with Gasteiger partial charge in [-0.1, -0.05) is 6.42 Å². The van der Waals surface area contributed by atoms with E-state index in [2.05, 4.69) is 0 Å². The number of piperidine rings is 1. The third kappa shape index (κ3) is 2.96. The molecule has 2 atom stereocenters. The van der Waals surface area contributed by atoms with Gasteiger partial charge in [0.15, 0.2) is 0 Å². The zero-order valence-electron chi connectivity index (χ0n) is 9.77. The van der Waals surface area contributed by atoms with Gasteiger partial charge in [-0.05, 0) is 38.0 Å². The van der Waals surface area contributed by atoms with Crippen molar-refractivity contribution in [2.75, 3.05) is 18.8 Å². The van der Waals surface area contributed by atoms with Gasteiger partial charge in [-0.15, -0.1) is 0 Å². The summed E-state index contributed by atoms with van der Waals surface area (Å²) in [5, 5.41) is 0. The minimum atomic E-state index is -3.01. The molecule has 2 rings (SSSR count). The van der Waals surface area contributed by atoms with E-state index in [9.17, 15) is 8.42 Å². The third-order valence-corrected chi connectivity index (χ3v) is 5.78. The SMILES string of the molecule is N[C@@H]1CC[C@H](CS(=O)(=O)N2CCCCC2)C1. The fraction of sp³-hybridized carbons (Fsp3) is 1.00. The number of sulfonamides is 1. The summed E-state index contributed by atoms with van der Waals surface area (Å²) >= 11 is 0. The van der Waals surface area contributed by atoms with E-state index in [1.165, 1.54) is 6.42 Å². The Morgan fingerprint density at radius 2 is 1.81 bits per heavy atom. The summed E-state index contributed by atoms with van der Waals surface area (Å²) in [7, 11) is -3.01. The first kappa shape index (κ1) is 12.3. The van der Waals surface area contributed by atoms with Gasteiger partial charge in [0, 0.05) is 19.1 Å². The first-order valence-corrected chi connectivity index (χ1v) is 7.92. The van der Waals surface area contributed by atoms with Crippen molar-refractivity contribution < 1.29 is 8.42 Å². The monoisotopic (exact) mass is 246 g/mol. The predicted molar refractivity (Wildman–Crippen MR) is 64.5 cm³/mol. The van der Waals surface area contributed by atoms with Crippen LogP contribution in [-0.4, -0.2) is 37.6 Å². The molecule has 0 amide bonds. The Labute approximate surface area is 98.2 Å². The molecule has 16 heavy (non-hydrogen) atoms. The molecule has 0 radical (unpaired) electrons. The van der Waals surface area contributed by atoms with Crippen molar-refractivity contribution in [3.8, 4) is 0 Å². The molecular weight excluding hydrogens is 224 g/mol. The van der Waals surface area contributed by atoms with Crippen molar-refractivity contribution in [3.05, 3.63) is 0 Å². The Morgan fingerprint density at radius 1 is 1.12 bits per heavy atom. The van der Waals surface area contributed by atoms with Gasteiger partial charge in [-0.25, -0.2) is 12.7 Å². The van der Waals surface area contributed by atoms with E-state index in [1.54, 1.807) is 4.31 Å². The quantitative estimate of drug-likeness (QED) is 0.805. The average Bonchev–Trinajstić information content (AvgIpc) is 2.64. The maximum Gasteiger partial charge on any atom is 0.214 e. The molecule has 2 fully saturated rings. The van der Waals surface area contributed by atoms with Crippen LogP contribution in [0.1, 0.15) is 38.5 Å². The largest absolute Gasteiger partial charge is 0.328 e. The van der Waals surface area contributed by atoms with Crippen LogP contribution >= 0.6 is 0 Å². The van der Waals surface area contributed by atoms with Gasteiger partial charge in [-0.2, -0.15) is 0 Å². The smallest absolute Gasteiger partial charge is 0.214 e. The minimum Gasteiger partial charge on any atom is -0.328 e. The second-order valence-electron chi connectivity index (χ2n) is 5.18. The Bertz CT molecular complexity index is 323. The van der Waals surface area contributed by atoms with E-state index in [1.807, 2.05) is 0 Å². The highest BCUT2D eigenvalue weighted by molar-refractivity contribution is 7.89. The minimum absolute atomic E-state index is 0.224. The van der Waals surface area contributed by atoms with Crippen LogP contribution < -0.4 is 5.73 Å². The summed E-state index contributed by atoms with van der Waals surface area (Å²) in [6.45, 7) is 1.45. The lowest BCUT2D eigenvalue weighted by Gasteiger charge is -2.27. The zero-order valence-corrected chi connectivity index (χ0v) is 10.6. The molecule has 4 nitrogen and oxygen atoms in total. The highest BCUT2D eigenvalue weighted by atomic mass is 32.2. The van der Waals surface area contributed by atoms with Crippen LogP contribution in [0.15, 0.2) is 0 Å². The molecule has 94 valence electrons. The molecule has 0 bridgehead atoms. The van der Waals surface area contributed by atoms with Gasteiger partial charge in [0.05, 0.1) is 5.75 Å². The normalized spacial score (nSPS) is 33.1. The molecule has 0 spiro atoms. The Balaban J connectivity index is 1.91. The van der Waals surface area contributed by atoms with E-state index >= 15 is 0 Å². The Morgan fingerprint density at radius 3 is 2.38 bits per heavy atom. The number of nitrogens with zero attached hydrogens (tertiary/aromatic N) is 1. The molecule has 1 saturated carbocycles. The predicted octanol–water partition coefficient (Wildman–Crippen LogP) is 0.929. The zero-order chi connectivity index (χ0) is 11.6. The molecule has 0 aromatic carbocycles. The van der Waals surface area contributed by atoms with Gasteiger partial charge in [0.1, 0.15) is 0 Å². The second kappa shape index (κ2) is 5.02. The number of hydrogen-bond acceptors (Lipinski definition) is 3. The van der Waals surface area contributed by atoms with E-state index in [0.29, 0.717) is 11.7 Å². The summed E-state index contributed by atoms with van der Waals surface area (Å²) in [5.74, 6) is 0.614. The molecule has 0 aromatic heterocycles. The summed E-state index contributed by atoms with van der Waals surface area (Å²) in [6, 6.07) is 0.224. The summed E-state index contributed by atoms with van der Waals surface area (Å²) in [5.41, 5.74) is 5.81. The molecule has 0 aromatic rings. The number of hydrogen-bond donors (Lipinski definition) is 1. The first-order chi connectivity index (χ1) is 7.58. The lowest BCUT2D eigenvalue weighted by Crippen LogP contribution is -2.38. The molecule has 1 aliphatic carbocycles. The standard InChI is InChI=1S/C11H22N2O2S/c12-11-5-4-10(8-11)9-16(14,15)13-6-2-1-3-7-13/h10-11H,1-9,12H2/t10-,11+/m0/s1. The van der Waals surface area contributed by atoms with Gasteiger partial charge < -0.3 is 5.73 Å². The van der Waals surface area contributed by atoms with Gasteiger partial charge in [0.25, 0.3) is 0 Å². The van der Waals surface area contributed by atoms with Crippen LogP contribution in [0.5, 0.6) is 0 Å². The van der Waals surface area contributed by atoms with Crippen molar-refractivity contribution in [1.29, 1.82) is 0 Å². The molecular formula is C11H22N2O2S. The summed E-state index contributed by atoms with van der Waals surface area (Å²) < 4.78 is 25.9. The Kier molecular flexibility index (Phi) is 3.87. The summed E-state index contributed by atoms with van der Waals surface area (Å²) in [6.07, 6.45) is 6.05. The topological polar surface area (TPSA) is 63.4 Å². The van der Waals surface area contributed by atoms with Gasteiger partial charge in [-0.3, -0.25) is 0 Å². The number of nitrogens with two attached hydrogens (primary N) is 1. The van der Waals surface area contributed by atoms with Crippen molar-refractivity contribution in [1.82, 2.24) is 4.31 Å². The molecule has 2 aliphatic rings. The number of rotatable bonds is 3. The maximum absolute atomic E-state index is 12.1. The lowest BCUT2D eigenvalue weighted by molar-refractivity contribution is 0.343. The molecule has 1 aliphatic heterocycles. The first-order valence-electron chi connectivity index (χ1n) is 6.31. The van der Waals surface area contributed by atoms with Crippen molar-refractivity contribution in [2.24, 2.45) is 11.7 Å². The fourth-order valence-corrected chi connectivity index (χ4v) is 4.74. The molecule has 0 unspecified atom stereocenters. The highest BCUT2D eigenvalue weighted by Crippen LogP contribution is 2.27. The molecule has 1 heterocycles. The van der Waals surface area contributed by atoms with Crippen LogP contribution in [-0.2, 0) is 10.0 Å². The van der Waals surface area contributed by atoms with Crippen LogP contribution in [0.4, 0.5) is 0 Å². The lowest BCUT2D eigenvalue weighted by atomic mass is 10.1. The van der Waals surface area contributed by atoms with Gasteiger partial charge in [0.2, 0.25) is 10.0 Å². The van der Waals surface area contributed by atoms with E-state index in [0.717, 1.165) is 45.2 Å². The second-order valence-corrected chi connectivity index (χ2v) is 7.19. The van der Waals surface area contributed by atoms with Crippen molar-refractivity contribution in [2.45, 2.75) is 44.6 Å². The van der Waals surface area contributed by atoms with E-state index in [4.69, 9.17) is 5.73 Å². The maximum atomic E-state index is 12.1. The van der Waals surface area contributed by atoms with E-state index < -0.39 is 10.0 Å². The third-order valence-electron chi connectivity index (χ3n) is 3.74. The van der Waals surface area contributed by atoms with Crippen molar-refractivity contribution in [3.63, 3.8) is 0 Å². The van der Waals surface area contributed by atoms with Crippen molar-refractivity contribution >= 4 is 10.0 Å². The van der Waals surface area contributed by atoms with E-state index in [-0.39, 0.29) is 6.04 Å². The van der Waals surface area contributed by atoms with Crippen LogP contribution in [0.3, 0.4) is 0 Å². The van der Waals surface area contributed by atoms with Crippen LogP contribution in [0.25, 0.3) is 0 Å². The Hall–Kier alpha value is -0.130.